The molecule has 0 unspecified atom stereocenters. The number of amides is 2. The molecule has 2 aromatic rings. The van der Waals surface area contributed by atoms with Gasteiger partial charge in [-0.2, -0.15) is 0 Å². The molecule has 5 heteroatoms. The second kappa shape index (κ2) is 8.86. The predicted molar refractivity (Wildman–Crippen MR) is 105 cm³/mol. The molecule has 4 nitrogen and oxygen atoms in total. The molecule has 0 aliphatic carbocycles. The SMILES string of the molecule is Cc1cccc(CNC(=O)C(C)(C)C(=O)NCCc2cccc(Cl)c2)c1. The smallest absolute Gasteiger partial charge is 0.235 e. The number of carbonyl (C=O) groups is 2. The fourth-order valence-corrected chi connectivity index (χ4v) is 2.78. The standard InChI is InChI=1S/C21H25ClN2O2/c1-15-6-4-8-17(12-15)14-24-20(26)21(2,3)19(25)23-11-10-16-7-5-9-18(22)13-16/h4-9,12-13H,10-11,14H2,1-3H3,(H,23,25)(H,24,26). The minimum absolute atomic E-state index is 0.290. The van der Waals surface area contributed by atoms with Gasteiger partial charge in [-0.1, -0.05) is 53.6 Å². The average molecular weight is 373 g/mol. The molecule has 2 aromatic carbocycles. The van der Waals surface area contributed by atoms with Gasteiger partial charge >= 0.3 is 0 Å². The van der Waals surface area contributed by atoms with Crippen LogP contribution in [0.3, 0.4) is 0 Å². The Morgan fingerprint density at radius 3 is 2.31 bits per heavy atom. The largest absolute Gasteiger partial charge is 0.355 e. The van der Waals surface area contributed by atoms with Crippen LogP contribution in [0.2, 0.25) is 5.02 Å². The normalized spacial score (nSPS) is 11.1. The highest BCUT2D eigenvalue weighted by molar-refractivity contribution is 6.30. The highest BCUT2D eigenvalue weighted by atomic mass is 35.5. The van der Waals surface area contributed by atoms with E-state index in [9.17, 15) is 9.59 Å². The minimum Gasteiger partial charge on any atom is -0.355 e. The maximum Gasteiger partial charge on any atom is 0.235 e. The second-order valence-corrected chi connectivity index (χ2v) is 7.37. The van der Waals surface area contributed by atoms with Crippen LogP contribution in [0.25, 0.3) is 0 Å². The van der Waals surface area contributed by atoms with Crippen LogP contribution in [0.4, 0.5) is 0 Å². The number of benzene rings is 2. The molecular weight excluding hydrogens is 348 g/mol. The first kappa shape index (κ1) is 20.0. The summed E-state index contributed by atoms with van der Waals surface area (Å²) in [5.41, 5.74) is 2.04. The number of hydrogen-bond acceptors (Lipinski definition) is 2. The van der Waals surface area contributed by atoms with Crippen molar-refractivity contribution in [2.75, 3.05) is 6.54 Å². The summed E-state index contributed by atoms with van der Waals surface area (Å²) in [5.74, 6) is -0.583. The van der Waals surface area contributed by atoms with E-state index in [2.05, 4.69) is 10.6 Å². The Morgan fingerprint density at radius 2 is 1.62 bits per heavy atom. The van der Waals surface area contributed by atoms with Crippen LogP contribution in [-0.2, 0) is 22.6 Å². The number of carbonyl (C=O) groups excluding carboxylic acids is 2. The number of nitrogens with one attached hydrogen (secondary N) is 2. The summed E-state index contributed by atoms with van der Waals surface area (Å²) >= 11 is 5.96. The van der Waals surface area contributed by atoms with Gasteiger partial charge in [-0.05, 0) is 50.5 Å². The van der Waals surface area contributed by atoms with Crippen molar-refractivity contribution in [3.05, 3.63) is 70.2 Å². The van der Waals surface area contributed by atoms with Gasteiger partial charge in [0.15, 0.2) is 0 Å². The van der Waals surface area contributed by atoms with Crippen molar-refractivity contribution in [2.24, 2.45) is 5.41 Å². The number of halogens is 1. The molecule has 0 saturated heterocycles. The minimum atomic E-state index is -1.14. The topological polar surface area (TPSA) is 58.2 Å². The van der Waals surface area contributed by atoms with Gasteiger partial charge in [0.2, 0.25) is 11.8 Å². The van der Waals surface area contributed by atoms with Crippen molar-refractivity contribution in [3.8, 4) is 0 Å². The summed E-state index contributed by atoms with van der Waals surface area (Å²) in [6, 6.07) is 15.4. The van der Waals surface area contributed by atoms with E-state index in [1.807, 2.05) is 55.5 Å². The number of aryl methyl sites for hydroxylation is 1. The zero-order valence-corrected chi connectivity index (χ0v) is 16.2. The monoisotopic (exact) mass is 372 g/mol. The summed E-state index contributed by atoms with van der Waals surface area (Å²) in [6.45, 7) is 6.12. The lowest BCUT2D eigenvalue weighted by atomic mass is 9.91. The van der Waals surface area contributed by atoms with Gasteiger partial charge in [0.05, 0.1) is 0 Å². The van der Waals surface area contributed by atoms with Crippen LogP contribution in [0.15, 0.2) is 48.5 Å². The van der Waals surface area contributed by atoms with E-state index in [4.69, 9.17) is 11.6 Å². The average Bonchev–Trinajstić information content (AvgIpc) is 2.59. The van der Waals surface area contributed by atoms with E-state index in [-0.39, 0.29) is 11.8 Å². The Kier molecular flexibility index (Phi) is 6.81. The van der Waals surface area contributed by atoms with Crippen molar-refractivity contribution in [1.29, 1.82) is 0 Å². The lowest BCUT2D eigenvalue weighted by molar-refractivity contribution is -0.141. The van der Waals surface area contributed by atoms with Crippen molar-refractivity contribution in [1.82, 2.24) is 10.6 Å². The third-order valence-electron chi connectivity index (χ3n) is 4.26. The molecule has 0 aliphatic heterocycles. The summed E-state index contributed by atoms with van der Waals surface area (Å²) < 4.78 is 0. The third-order valence-corrected chi connectivity index (χ3v) is 4.49. The van der Waals surface area contributed by atoms with Gasteiger partial charge in [0.1, 0.15) is 5.41 Å². The molecular formula is C21H25ClN2O2. The van der Waals surface area contributed by atoms with Gasteiger partial charge in [0, 0.05) is 18.1 Å². The molecule has 0 spiro atoms. The fraction of sp³-hybridized carbons (Fsp3) is 0.333. The van der Waals surface area contributed by atoms with Gasteiger partial charge < -0.3 is 10.6 Å². The molecule has 0 radical (unpaired) electrons. The first-order chi connectivity index (χ1) is 12.3. The lowest BCUT2D eigenvalue weighted by Crippen LogP contribution is -2.48. The van der Waals surface area contributed by atoms with E-state index >= 15 is 0 Å². The molecule has 2 rings (SSSR count). The third kappa shape index (κ3) is 5.60. The van der Waals surface area contributed by atoms with Crippen molar-refractivity contribution in [2.45, 2.75) is 33.7 Å². The Labute approximate surface area is 159 Å². The van der Waals surface area contributed by atoms with Crippen LogP contribution < -0.4 is 10.6 Å². The van der Waals surface area contributed by atoms with Gasteiger partial charge in [-0.25, -0.2) is 0 Å². The van der Waals surface area contributed by atoms with Crippen LogP contribution in [0.5, 0.6) is 0 Å². The molecule has 0 fully saturated rings. The molecule has 0 heterocycles. The molecule has 26 heavy (non-hydrogen) atoms. The molecule has 0 atom stereocenters. The Balaban J connectivity index is 1.84. The summed E-state index contributed by atoms with van der Waals surface area (Å²) in [5, 5.41) is 6.35. The number of rotatable bonds is 7. The maximum atomic E-state index is 12.5. The van der Waals surface area contributed by atoms with E-state index < -0.39 is 5.41 Å². The van der Waals surface area contributed by atoms with Crippen molar-refractivity contribution < 1.29 is 9.59 Å². The Morgan fingerprint density at radius 1 is 0.962 bits per heavy atom. The quantitative estimate of drug-likeness (QED) is 0.729. The second-order valence-electron chi connectivity index (χ2n) is 6.93. The molecule has 0 saturated carbocycles. The fourth-order valence-electron chi connectivity index (χ4n) is 2.56. The summed E-state index contributed by atoms with van der Waals surface area (Å²) in [7, 11) is 0. The molecule has 0 aliphatic rings. The lowest BCUT2D eigenvalue weighted by Gasteiger charge is -2.23. The molecule has 138 valence electrons. The predicted octanol–water partition coefficient (Wildman–Crippen LogP) is 3.65. The molecule has 0 aromatic heterocycles. The first-order valence-corrected chi connectivity index (χ1v) is 9.03. The van der Waals surface area contributed by atoms with E-state index in [0.717, 1.165) is 16.7 Å². The highest BCUT2D eigenvalue weighted by Gasteiger charge is 2.35. The summed E-state index contributed by atoms with van der Waals surface area (Å²) in [4.78, 5) is 24.9. The maximum absolute atomic E-state index is 12.5. The van der Waals surface area contributed by atoms with E-state index in [1.165, 1.54) is 0 Å². The molecule has 0 bridgehead atoms. The summed E-state index contributed by atoms with van der Waals surface area (Å²) in [6.07, 6.45) is 0.660. The van der Waals surface area contributed by atoms with Crippen molar-refractivity contribution >= 4 is 23.4 Å². The van der Waals surface area contributed by atoms with Crippen molar-refractivity contribution in [3.63, 3.8) is 0 Å². The Bertz CT molecular complexity index is 787. The Hall–Kier alpha value is -2.33. The van der Waals surface area contributed by atoms with Crippen LogP contribution >= 0.6 is 11.6 Å². The van der Waals surface area contributed by atoms with E-state index in [0.29, 0.717) is 24.5 Å². The van der Waals surface area contributed by atoms with Crippen LogP contribution in [0, 0.1) is 12.3 Å². The van der Waals surface area contributed by atoms with Crippen LogP contribution in [-0.4, -0.2) is 18.4 Å². The number of hydrogen-bond donors (Lipinski definition) is 2. The van der Waals surface area contributed by atoms with E-state index in [1.54, 1.807) is 13.8 Å². The van der Waals surface area contributed by atoms with Crippen LogP contribution in [0.1, 0.15) is 30.5 Å². The van der Waals surface area contributed by atoms with Gasteiger partial charge in [0.25, 0.3) is 0 Å². The zero-order chi connectivity index (χ0) is 19.2. The van der Waals surface area contributed by atoms with Gasteiger partial charge in [-0.15, -0.1) is 0 Å². The zero-order valence-electron chi connectivity index (χ0n) is 15.4. The first-order valence-electron chi connectivity index (χ1n) is 8.65. The molecule has 2 N–H and O–H groups in total. The van der Waals surface area contributed by atoms with Gasteiger partial charge in [-0.3, -0.25) is 9.59 Å². The highest BCUT2D eigenvalue weighted by Crippen LogP contribution is 2.16. The molecule has 2 amide bonds.